The summed E-state index contributed by atoms with van der Waals surface area (Å²) in [7, 11) is -3.65. The molecule has 1 saturated carbocycles. The van der Waals surface area contributed by atoms with Gasteiger partial charge in [-0.05, 0) is 57.4 Å². The van der Waals surface area contributed by atoms with Crippen LogP contribution in [-0.2, 0) is 34.6 Å². The fourth-order valence-corrected chi connectivity index (χ4v) is 7.51. The van der Waals surface area contributed by atoms with Crippen LogP contribution in [0.25, 0.3) is 0 Å². The standard InChI is InChI=1S/C28H43N2O7P/c1-3-25(31)36-28(23-16-8-5-9-17-23)37-38(35,20-11-10-15-22-13-6-4-7-14-22)29-21(2)26(32)30-19-12-18-24(30)27(33)34/h4,6-7,13-14,21,23-24,28H,3,5,8-12,15-20H2,1-2H3,(H,29,35)(H,33,34)/t21-,24-,28?,38?/m0/s1. The van der Waals surface area contributed by atoms with Crippen molar-refractivity contribution in [3.63, 3.8) is 0 Å². The first-order valence-electron chi connectivity index (χ1n) is 14.0. The summed E-state index contributed by atoms with van der Waals surface area (Å²) >= 11 is 0. The average Bonchev–Trinajstić information content (AvgIpc) is 3.42. The molecule has 0 aromatic heterocycles. The number of amides is 1. The molecule has 2 N–H and O–H groups in total. The average molecular weight is 551 g/mol. The minimum Gasteiger partial charge on any atom is -0.480 e. The van der Waals surface area contributed by atoms with Crippen LogP contribution in [0.5, 0.6) is 0 Å². The minimum atomic E-state index is -3.65. The summed E-state index contributed by atoms with van der Waals surface area (Å²) in [5.74, 6) is -1.92. The van der Waals surface area contributed by atoms with E-state index in [1.165, 1.54) is 10.5 Å². The summed E-state index contributed by atoms with van der Waals surface area (Å²) in [6.07, 6.45) is 7.32. The number of nitrogens with one attached hydrogen (secondary N) is 1. The highest BCUT2D eigenvalue weighted by Gasteiger charge is 2.40. The molecule has 1 aliphatic heterocycles. The number of carboxylic acid groups (broad SMARTS) is 1. The van der Waals surface area contributed by atoms with Crippen LogP contribution >= 0.6 is 7.52 Å². The quantitative estimate of drug-likeness (QED) is 0.141. The number of carboxylic acids is 1. The smallest absolute Gasteiger partial charge is 0.326 e. The zero-order valence-corrected chi connectivity index (χ0v) is 23.6. The van der Waals surface area contributed by atoms with Crippen LogP contribution in [0.1, 0.15) is 83.6 Å². The number of carbonyl (C=O) groups is 3. The van der Waals surface area contributed by atoms with Gasteiger partial charge in [-0.25, -0.2) is 9.88 Å². The van der Waals surface area contributed by atoms with E-state index in [9.17, 15) is 24.1 Å². The van der Waals surface area contributed by atoms with E-state index in [1.807, 2.05) is 30.3 Å². The largest absolute Gasteiger partial charge is 0.480 e. The number of hydrogen-bond acceptors (Lipinski definition) is 6. The second-order valence-electron chi connectivity index (χ2n) is 10.4. The van der Waals surface area contributed by atoms with E-state index in [4.69, 9.17) is 9.26 Å². The van der Waals surface area contributed by atoms with Crippen molar-refractivity contribution in [3.05, 3.63) is 35.9 Å². The number of aryl methyl sites for hydroxylation is 1. The topological polar surface area (TPSA) is 122 Å². The van der Waals surface area contributed by atoms with Gasteiger partial charge in [-0.3, -0.25) is 18.7 Å². The van der Waals surface area contributed by atoms with Gasteiger partial charge in [0.15, 0.2) is 0 Å². The van der Waals surface area contributed by atoms with E-state index < -0.39 is 43.7 Å². The first kappa shape index (κ1) is 30.3. The van der Waals surface area contributed by atoms with E-state index in [0.717, 1.165) is 44.9 Å². The van der Waals surface area contributed by atoms with Crippen molar-refractivity contribution in [1.82, 2.24) is 9.99 Å². The summed E-state index contributed by atoms with van der Waals surface area (Å²) in [6, 6.07) is 8.24. The SMILES string of the molecule is CCC(=O)OC(OP(=O)(CCCCc1ccccc1)N[C@@H](C)C(=O)N1CCC[C@H]1C(=O)O)C1CCCCC1. The number of nitrogens with zero attached hydrogens (tertiary/aromatic N) is 1. The number of benzene rings is 1. The third-order valence-corrected chi connectivity index (χ3v) is 9.67. The van der Waals surface area contributed by atoms with Gasteiger partial charge in [-0.1, -0.05) is 56.5 Å². The number of unbranched alkanes of at least 4 members (excludes halogenated alkanes) is 1. The van der Waals surface area contributed by atoms with E-state index >= 15 is 0 Å². The van der Waals surface area contributed by atoms with Gasteiger partial charge in [0.25, 0.3) is 7.52 Å². The molecule has 2 aliphatic rings. The lowest BCUT2D eigenvalue weighted by Gasteiger charge is -2.34. The van der Waals surface area contributed by atoms with Crippen molar-refractivity contribution in [2.75, 3.05) is 12.7 Å². The van der Waals surface area contributed by atoms with Crippen LogP contribution in [0.3, 0.4) is 0 Å². The molecule has 0 spiro atoms. The lowest BCUT2D eigenvalue weighted by atomic mass is 9.89. The molecule has 2 fully saturated rings. The van der Waals surface area contributed by atoms with Gasteiger partial charge in [0.1, 0.15) is 6.04 Å². The molecule has 9 nitrogen and oxygen atoms in total. The summed E-state index contributed by atoms with van der Waals surface area (Å²) in [6.45, 7) is 3.65. The fourth-order valence-electron chi connectivity index (χ4n) is 5.32. The molecule has 0 radical (unpaired) electrons. The summed E-state index contributed by atoms with van der Waals surface area (Å²) < 4.78 is 26.1. The third kappa shape index (κ3) is 8.92. The first-order chi connectivity index (χ1) is 18.2. The number of esters is 1. The maximum absolute atomic E-state index is 14.3. The Balaban J connectivity index is 1.74. The Hall–Kier alpha value is -2.22. The lowest BCUT2D eigenvalue weighted by Crippen LogP contribution is -2.48. The van der Waals surface area contributed by atoms with Crippen molar-refractivity contribution in [2.24, 2.45) is 5.92 Å². The fraction of sp³-hybridized carbons (Fsp3) is 0.679. The predicted molar refractivity (Wildman–Crippen MR) is 145 cm³/mol. The zero-order chi connectivity index (χ0) is 27.5. The van der Waals surface area contributed by atoms with Crippen LogP contribution < -0.4 is 5.09 Å². The van der Waals surface area contributed by atoms with Gasteiger partial charge in [-0.15, -0.1) is 0 Å². The van der Waals surface area contributed by atoms with Crippen LogP contribution in [0, 0.1) is 5.92 Å². The highest BCUT2D eigenvalue weighted by Crippen LogP contribution is 2.48. The predicted octanol–water partition coefficient (Wildman–Crippen LogP) is 5.13. The second kappa shape index (κ2) is 14.8. The molecule has 1 aromatic carbocycles. The molecule has 1 aliphatic carbocycles. The van der Waals surface area contributed by atoms with Crippen molar-refractivity contribution >= 4 is 25.4 Å². The number of aliphatic carboxylic acids is 1. The van der Waals surface area contributed by atoms with Crippen molar-refractivity contribution in [3.8, 4) is 0 Å². The highest BCUT2D eigenvalue weighted by atomic mass is 31.2. The molecule has 3 rings (SSSR count). The minimum absolute atomic E-state index is 0.0559. The molecule has 2 unspecified atom stereocenters. The molecular formula is C28H43N2O7P. The Morgan fingerprint density at radius 1 is 1.08 bits per heavy atom. The van der Waals surface area contributed by atoms with Gasteiger partial charge >= 0.3 is 11.9 Å². The lowest BCUT2D eigenvalue weighted by molar-refractivity contribution is -0.173. The molecule has 1 amide bonds. The van der Waals surface area contributed by atoms with Crippen molar-refractivity contribution in [1.29, 1.82) is 0 Å². The van der Waals surface area contributed by atoms with Crippen molar-refractivity contribution < 1.29 is 33.3 Å². The second-order valence-corrected chi connectivity index (χ2v) is 12.7. The molecule has 1 aromatic rings. The van der Waals surface area contributed by atoms with Crippen LogP contribution in [0.4, 0.5) is 0 Å². The Labute approximate surface area is 226 Å². The molecule has 4 atom stereocenters. The molecule has 0 bridgehead atoms. The van der Waals surface area contributed by atoms with Gasteiger partial charge in [-0.2, -0.15) is 0 Å². The summed E-state index contributed by atoms with van der Waals surface area (Å²) in [5.41, 5.74) is 1.19. The Morgan fingerprint density at radius 3 is 2.45 bits per heavy atom. The highest BCUT2D eigenvalue weighted by molar-refractivity contribution is 7.56. The Morgan fingerprint density at radius 2 is 1.79 bits per heavy atom. The Bertz CT molecular complexity index is 967. The van der Waals surface area contributed by atoms with Crippen LogP contribution in [-0.4, -0.2) is 58.9 Å². The van der Waals surface area contributed by atoms with E-state index in [1.54, 1.807) is 13.8 Å². The molecule has 10 heteroatoms. The number of rotatable bonds is 14. The van der Waals surface area contributed by atoms with Gasteiger partial charge in [0, 0.05) is 25.0 Å². The summed E-state index contributed by atoms with van der Waals surface area (Å²) in [4.78, 5) is 38.4. The monoisotopic (exact) mass is 550 g/mol. The third-order valence-electron chi connectivity index (χ3n) is 7.44. The molecule has 1 heterocycles. The number of ether oxygens (including phenoxy) is 1. The van der Waals surface area contributed by atoms with E-state index in [2.05, 4.69) is 5.09 Å². The Kier molecular flexibility index (Phi) is 11.8. The maximum Gasteiger partial charge on any atom is 0.326 e. The van der Waals surface area contributed by atoms with E-state index in [-0.39, 0.29) is 18.5 Å². The van der Waals surface area contributed by atoms with Crippen LogP contribution in [0.2, 0.25) is 0 Å². The van der Waals surface area contributed by atoms with Gasteiger partial charge in [0.05, 0.1) is 6.04 Å². The summed E-state index contributed by atoms with van der Waals surface area (Å²) in [5, 5.41) is 12.5. The van der Waals surface area contributed by atoms with Crippen molar-refractivity contribution in [2.45, 2.75) is 103 Å². The van der Waals surface area contributed by atoms with Gasteiger partial charge < -0.3 is 14.7 Å². The molecule has 38 heavy (non-hydrogen) atoms. The number of hydrogen-bond donors (Lipinski definition) is 2. The van der Waals surface area contributed by atoms with Crippen LogP contribution in [0.15, 0.2) is 30.3 Å². The molecule has 1 saturated heterocycles. The van der Waals surface area contributed by atoms with Gasteiger partial charge in [0.2, 0.25) is 12.2 Å². The molecule has 212 valence electrons. The first-order valence-corrected chi connectivity index (χ1v) is 15.9. The number of carbonyl (C=O) groups excluding carboxylic acids is 2. The number of likely N-dealkylation sites (tertiary alicyclic amines) is 1. The maximum atomic E-state index is 14.3. The zero-order valence-electron chi connectivity index (χ0n) is 22.7. The van der Waals surface area contributed by atoms with E-state index in [0.29, 0.717) is 25.8 Å². The normalized spacial score (nSPS) is 21.4. The molecular weight excluding hydrogens is 507 g/mol.